The molecule has 0 radical (unpaired) electrons. The summed E-state index contributed by atoms with van der Waals surface area (Å²) in [4.78, 5) is 28.8. The van der Waals surface area contributed by atoms with Crippen LogP contribution in [0.1, 0.15) is 55.4 Å². The van der Waals surface area contributed by atoms with E-state index in [-0.39, 0.29) is 13.2 Å². The number of rotatable bonds is 12. The van der Waals surface area contributed by atoms with Gasteiger partial charge < -0.3 is 15.2 Å². The summed E-state index contributed by atoms with van der Waals surface area (Å²) in [5.74, 6) is -0.121. The molecule has 2 unspecified atom stereocenters. The monoisotopic (exact) mass is 551 g/mol. The summed E-state index contributed by atoms with van der Waals surface area (Å²) in [6.45, 7) is 3.04. The first-order valence-corrected chi connectivity index (χ1v) is 12.3. The van der Waals surface area contributed by atoms with Gasteiger partial charge in [0.15, 0.2) is 0 Å². The van der Waals surface area contributed by atoms with Crippen LogP contribution in [0.2, 0.25) is 0 Å². The second-order valence-corrected chi connectivity index (χ2v) is 9.33. The number of imide groups is 1. The van der Waals surface area contributed by atoms with Crippen molar-refractivity contribution in [3.8, 4) is 5.75 Å². The fourth-order valence-electron chi connectivity index (χ4n) is 4.32. The number of halogens is 4. The Hall–Kier alpha value is -3.83. The van der Waals surface area contributed by atoms with Gasteiger partial charge in [0, 0.05) is 11.5 Å². The Bertz CT molecular complexity index is 1250. The maximum Gasteiger partial charge on any atom is 0.427 e. The summed E-state index contributed by atoms with van der Waals surface area (Å²) < 4.78 is 58.8. The second kappa shape index (κ2) is 11.9. The molecule has 1 heterocycles. The predicted molar refractivity (Wildman–Crippen MR) is 133 cm³/mol. The number of carbonyl (C=O) groups excluding carboxylic acids is 2. The van der Waals surface area contributed by atoms with Crippen LogP contribution < -0.4 is 10.1 Å². The highest BCUT2D eigenvalue weighted by atomic mass is 19.4. The molecule has 13 heteroatoms. The minimum Gasteiger partial charge on any atom is -0.493 e. The smallest absolute Gasteiger partial charge is 0.427 e. The lowest BCUT2D eigenvalue weighted by Crippen LogP contribution is -2.41. The number of aryl methyl sites for hydroxylation is 1. The molecule has 210 valence electrons. The van der Waals surface area contributed by atoms with Crippen molar-refractivity contribution in [1.29, 1.82) is 0 Å². The maximum atomic E-state index is 13.4. The molecule has 0 aliphatic carbocycles. The number of alkyl halides is 4. The van der Waals surface area contributed by atoms with Gasteiger partial charge in [-0.2, -0.15) is 13.2 Å². The number of carbonyl (C=O) groups is 2. The maximum absolute atomic E-state index is 13.4. The minimum absolute atomic E-state index is 0.123. The first kappa shape index (κ1) is 29.7. The summed E-state index contributed by atoms with van der Waals surface area (Å²) in [5.41, 5.74) is 4.34. The van der Waals surface area contributed by atoms with Crippen LogP contribution in [0, 0.1) is 0 Å². The molecule has 2 atom stereocenters. The van der Waals surface area contributed by atoms with E-state index in [1.807, 2.05) is 6.92 Å². The van der Waals surface area contributed by atoms with E-state index in [1.54, 1.807) is 31.2 Å². The van der Waals surface area contributed by atoms with Crippen molar-refractivity contribution in [2.45, 2.75) is 63.6 Å². The van der Waals surface area contributed by atoms with E-state index in [1.165, 1.54) is 6.07 Å². The number of ether oxygens (including phenoxy) is 1. The largest absolute Gasteiger partial charge is 0.493 e. The lowest BCUT2D eigenvalue weighted by Gasteiger charge is -2.26. The Morgan fingerprint density at radius 2 is 1.85 bits per heavy atom. The molecule has 0 aromatic heterocycles. The first-order chi connectivity index (χ1) is 18.4. The summed E-state index contributed by atoms with van der Waals surface area (Å²) >= 11 is 0. The van der Waals surface area contributed by atoms with Crippen molar-refractivity contribution >= 4 is 11.9 Å². The van der Waals surface area contributed by atoms with E-state index in [9.17, 15) is 32.3 Å². The Kier molecular flexibility index (Phi) is 9.08. The van der Waals surface area contributed by atoms with E-state index in [4.69, 9.17) is 10.3 Å². The zero-order valence-corrected chi connectivity index (χ0v) is 21.5. The van der Waals surface area contributed by atoms with Crippen molar-refractivity contribution in [2.75, 3.05) is 13.2 Å². The normalized spacial score (nSPS) is 18.9. The topological polar surface area (TPSA) is 128 Å². The molecule has 1 fully saturated rings. The van der Waals surface area contributed by atoms with Gasteiger partial charge in [-0.25, -0.2) is 9.18 Å². The second-order valence-electron chi connectivity index (χ2n) is 9.33. The third kappa shape index (κ3) is 6.10. The van der Waals surface area contributed by atoms with Gasteiger partial charge in [0.05, 0.1) is 6.61 Å². The average molecular weight is 552 g/mol. The molecule has 1 aliphatic heterocycles. The van der Waals surface area contributed by atoms with Gasteiger partial charge in [-0.3, -0.25) is 9.69 Å². The van der Waals surface area contributed by atoms with Gasteiger partial charge in [0.25, 0.3) is 11.6 Å². The van der Waals surface area contributed by atoms with Crippen LogP contribution in [-0.4, -0.2) is 41.3 Å². The van der Waals surface area contributed by atoms with E-state index in [0.29, 0.717) is 48.1 Å². The summed E-state index contributed by atoms with van der Waals surface area (Å²) in [6, 6.07) is 9.15. The Labute approximate surface area is 222 Å². The number of azide groups is 1. The number of unbranched alkanes of at least 4 members (excludes halogenated alkanes) is 1. The molecule has 3 amide bonds. The molecule has 0 bridgehead atoms. The van der Waals surface area contributed by atoms with Crippen molar-refractivity contribution in [2.24, 2.45) is 5.11 Å². The van der Waals surface area contributed by atoms with Crippen LogP contribution in [0.4, 0.5) is 22.4 Å². The molecule has 2 aromatic carbocycles. The van der Waals surface area contributed by atoms with Crippen LogP contribution in [0.3, 0.4) is 0 Å². The molecule has 0 spiro atoms. The number of nitrogens with zero attached hydrogens (tertiary/aromatic N) is 4. The lowest BCUT2D eigenvalue weighted by molar-refractivity contribution is -0.264. The Balaban J connectivity index is 1.61. The van der Waals surface area contributed by atoms with Crippen LogP contribution in [0.25, 0.3) is 10.4 Å². The lowest BCUT2D eigenvalue weighted by atomic mass is 9.91. The number of amides is 3. The fraction of sp³-hybridized carbons (Fsp3) is 0.462. The minimum atomic E-state index is -5.22. The van der Waals surface area contributed by atoms with Crippen molar-refractivity contribution in [3.05, 3.63) is 75.2 Å². The molecule has 1 saturated heterocycles. The zero-order valence-electron chi connectivity index (χ0n) is 21.5. The number of nitrogens with one attached hydrogen (secondary N) is 1. The standard InChI is InChI=1S/C26H29F4N5O4/c1-3-6-18-15-20(25(38,33-34-31)26(28,29)30)11-12-21(18)39-14-5-4-13-35-22(36)24(2,32-23(35)37)19-9-7-17(16-27)8-10-19/h7-12,15,38H,3-6,13-14,16H2,1-2H3,(H,32,37). The molecule has 9 nitrogen and oxygen atoms in total. The third-order valence-corrected chi connectivity index (χ3v) is 6.56. The third-order valence-electron chi connectivity index (χ3n) is 6.56. The number of hydrogen-bond donors (Lipinski definition) is 2. The zero-order chi connectivity index (χ0) is 28.8. The van der Waals surface area contributed by atoms with Gasteiger partial charge in [0.1, 0.15) is 18.0 Å². The van der Waals surface area contributed by atoms with Crippen molar-refractivity contribution < 1.29 is 37.0 Å². The predicted octanol–water partition coefficient (Wildman–Crippen LogP) is 5.75. The summed E-state index contributed by atoms with van der Waals surface area (Å²) in [6.07, 6.45) is -3.47. The van der Waals surface area contributed by atoms with Gasteiger partial charge >= 0.3 is 12.2 Å². The molecule has 2 aromatic rings. The van der Waals surface area contributed by atoms with E-state index >= 15 is 0 Å². The van der Waals surface area contributed by atoms with Crippen LogP contribution in [0.5, 0.6) is 5.75 Å². The highest BCUT2D eigenvalue weighted by molar-refractivity contribution is 6.07. The molecule has 0 saturated carbocycles. The van der Waals surface area contributed by atoms with Gasteiger partial charge in [0.2, 0.25) is 0 Å². The molecule has 3 rings (SSSR count). The highest BCUT2D eigenvalue weighted by Crippen LogP contribution is 2.41. The highest BCUT2D eigenvalue weighted by Gasteiger charge is 2.55. The fourth-order valence-corrected chi connectivity index (χ4v) is 4.32. The molecular formula is C26H29F4N5O4. The van der Waals surface area contributed by atoms with Gasteiger partial charge in [-0.1, -0.05) is 43.7 Å². The van der Waals surface area contributed by atoms with E-state index < -0.39 is 41.6 Å². The van der Waals surface area contributed by atoms with Gasteiger partial charge in [-0.15, -0.1) is 0 Å². The molecule has 39 heavy (non-hydrogen) atoms. The molecular weight excluding hydrogens is 522 g/mol. The van der Waals surface area contributed by atoms with Crippen LogP contribution >= 0.6 is 0 Å². The molecule has 1 aliphatic rings. The summed E-state index contributed by atoms with van der Waals surface area (Å²) in [7, 11) is 0. The van der Waals surface area contributed by atoms with Crippen LogP contribution in [0.15, 0.2) is 47.6 Å². The number of aliphatic hydroxyl groups is 1. The Morgan fingerprint density at radius 3 is 2.44 bits per heavy atom. The quantitative estimate of drug-likeness (QED) is 0.0869. The SMILES string of the molecule is CCCc1cc(C(O)(N=[N+]=[N-])C(F)(F)F)ccc1OCCCCN1C(=O)NC(C)(c2ccc(CF)cc2)C1=O. The Morgan fingerprint density at radius 1 is 1.15 bits per heavy atom. The summed E-state index contributed by atoms with van der Waals surface area (Å²) in [5, 5.41) is 15.3. The number of benzene rings is 2. The number of urea groups is 1. The first-order valence-electron chi connectivity index (χ1n) is 12.3. The van der Waals surface area contributed by atoms with E-state index in [2.05, 4.69) is 15.3 Å². The number of hydrogen-bond acceptors (Lipinski definition) is 5. The van der Waals surface area contributed by atoms with E-state index in [0.717, 1.165) is 17.0 Å². The average Bonchev–Trinajstić information content (AvgIpc) is 3.12. The van der Waals surface area contributed by atoms with Crippen LogP contribution in [-0.2, 0) is 29.2 Å². The van der Waals surface area contributed by atoms with Gasteiger partial charge in [-0.05, 0) is 71.2 Å². The van der Waals surface area contributed by atoms with Crippen molar-refractivity contribution in [1.82, 2.24) is 10.2 Å². The van der Waals surface area contributed by atoms with Crippen molar-refractivity contribution in [3.63, 3.8) is 0 Å². The molecule has 2 N–H and O–H groups in total.